The van der Waals surface area contributed by atoms with Gasteiger partial charge in [-0.15, -0.1) is 5.10 Å². The monoisotopic (exact) mass is 396 g/mol. The molecule has 1 spiro atoms. The van der Waals surface area contributed by atoms with Crippen molar-refractivity contribution in [3.8, 4) is 0 Å². The van der Waals surface area contributed by atoms with Crippen molar-refractivity contribution in [2.45, 2.75) is 77.3 Å². The molecule has 156 valence electrons. The van der Waals surface area contributed by atoms with Crippen LogP contribution in [0, 0.1) is 5.41 Å². The highest BCUT2D eigenvalue weighted by atomic mass is 16.2. The smallest absolute Gasteiger partial charge is 0.265 e. The van der Waals surface area contributed by atoms with Gasteiger partial charge in [-0.05, 0) is 74.4 Å². The molecule has 1 aromatic carbocycles. The van der Waals surface area contributed by atoms with E-state index >= 15 is 0 Å². The summed E-state index contributed by atoms with van der Waals surface area (Å²) in [5.74, 6) is 0.797. The lowest BCUT2D eigenvalue weighted by Gasteiger charge is -2.51. The lowest BCUT2D eigenvalue weighted by Crippen LogP contribution is -2.55. The third kappa shape index (κ3) is 3.92. The number of piperidine rings is 1. The Morgan fingerprint density at radius 2 is 1.76 bits per heavy atom. The summed E-state index contributed by atoms with van der Waals surface area (Å²) in [4.78, 5) is 13.0. The molecule has 1 saturated carbocycles. The van der Waals surface area contributed by atoms with Crippen LogP contribution in [0.2, 0.25) is 0 Å². The van der Waals surface area contributed by atoms with E-state index in [-0.39, 0.29) is 22.9 Å². The normalized spacial score (nSPS) is 22.5. The summed E-state index contributed by atoms with van der Waals surface area (Å²) in [5.41, 5.74) is 3.77. The summed E-state index contributed by atoms with van der Waals surface area (Å²) in [5, 5.41) is 15.0. The van der Waals surface area contributed by atoms with Crippen molar-refractivity contribution < 1.29 is 4.79 Å². The molecule has 1 N–H and O–H groups in total. The standard InChI is InChI=1S/C22H32N6O/c1-21(2,3)28-19(23-25-26-28)18-22(13-8-5-9-14-22)15-10-16-27(18)24-20(29)17-11-6-4-7-12-17/h4,6-7,11-12,18H,5,8-10,13-16H2,1-3H3,(H,24,29). The number of nitrogens with zero attached hydrogens (tertiary/aromatic N) is 5. The summed E-state index contributed by atoms with van der Waals surface area (Å²) in [6.45, 7) is 7.17. The Kier molecular flexibility index (Phi) is 5.42. The van der Waals surface area contributed by atoms with Crippen LogP contribution in [0.3, 0.4) is 0 Å². The van der Waals surface area contributed by atoms with E-state index < -0.39 is 0 Å². The fourth-order valence-corrected chi connectivity index (χ4v) is 5.14. The predicted octanol–water partition coefficient (Wildman–Crippen LogP) is 3.86. The number of benzene rings is 1. The third-order valence-electron chi connectivity index (χ3n) is 6.47. The molecule has 1 amide bonds. The molecule has 2 aromatic rings. The fourth-order valence-electron chi connectivity index (χ4n) is 5.14. The molecule has 1 unspecified atom stereocenters. The maximum absolute atomic E-state index is 13.0. The molecule has 4 rings (SSSR count). The molecule has 1 aromatic heterocycles. The van der Waals surface area contributed by atoms with Crippen molar-refractivity contribution in [2.24, 2.45) is 5.41 Å². The van der Waals surface area contributed by atoms with E-state index in [1.807, 2.05) is 35.0 Å². The van der Waals surface area contributed by atoms with Crippen LogP contribution in [0.25, 0.3) is 0 Å². The van der Waals surface area contributed by atoms with E-state index in [0.717, 1.165) is 38.1 Å². The molecular formula is C22H32N6O. The highest BCUT2D eigenvalue weighted by Crippen LogP contribution is 2.53. The molecule has 2 heterocycles. The lowest BCUT2D eigenvalue weighted by molar-refractivity contribution is -0.0471. The van der Waals surface area contributed by atoms with Crippen molar-refractivity contribution in [3.63, 3.8) is 0 Å². The first kappa shape index (κ1) is 20.0. The van der Waals surface area contributed by atoms with Crippen LogP contribution >= 0.6 is 0 Å². The van der Waals surface area contributed by atoms with Gasteiger partial charge in [0.25, 0.3) is 5.91 Å². The first-order valence-electron chi connectivity index (χ1n) is 10.8. The lowest BCUT2D eigenvalue weighted by atomic mass is 9.64. The molecule has 1 aliphatic carbocycles. The van der Waals surface area contributed by atoms with Gasteiger partial charge in [0.05, 0.1) is 11.6 Å². The van der Waals surface area contributed by atoms with Gasteiger partial charge in [0.15, 0.2) is 5.82 Å². The second-order valence-electron chi connectivity index (χ2n) is 9.55. The number of hydrogen-bond acceptors (Lipinski definition) is 5. The van der Waals surface area contributed by atoms with Crippen LogP contribution in [-0.4, -0.2) is 37.7 Å². The molecule has 1 saturated heterocycles. The Hall–Kier alpha value is -2.28. The summed E-state index contributed by atoms with van der Waals surface area (Å²) >= 11 is 0. The molecule has 7 nitrogen and oxygen atoms in total. The van der Waals surface area contributed by atoms with Gasteiger partial charge in [0.2, 0.25) is 0 Å². The van der Waals surface area contributed by atoms with E-state index in [4.69, 9.17) is 0 Å². The zero-order chi connectivity index (χ0) is 20.5. The maximum atomic E-state index is 13.0. The van der Waals surface area contributed by atoms with Gasteiger partial charge < -0.3 is 0 Å². The molecule has 1 aliphatic heterocycles. The van der Waals surface area contributed by atoms with E-state index in [1.54, 1.807) is 0 Å². The summed E-state index contributed by atoms with van der Waals surface area (Å²) in [6, 6.07) is 9.40. The number of amides is 1. The molecule has 1 atom stereocenters. The molecule has 0 bridgehead atoms. The van der Waals surface area contributed by atoms with Crippen molar-refractivity contribution in [2.75, 3.05) is 6.54 Å². The van der Waals surface area contributed by atoms with E-state index in [1.165, 1.54) is 19.3 Å². The largest absolute Gasteiger partial charge is 0.284 e. The van der Waals surface area contributed by atoms with Crippen LogP contribution < -0.4 is 5.43 Å². The zero-order valence-corrected chi connectivity index (χ0v) is 17.8. The van der Waals surface area contributed by atoms with E-state index in [0.29, 0.717) is 5.56 Å². The Morgan fingerprint density at radius 3 is 2.45 bits per heavy atom. The van der Waals surface area contributed by atoms with Crippen LogP contribution in [0.15, 0.2) is 30.3 Å². The van der Waals surface area contributed by atoms with Crippen LogP contribution in [-0.2, 0) is 5.54 Å². The van der Waals surface area contributed by atoms with E-state index in [2.05, 4.69) is 46.7 Å². The number of tetrazole rings is 1. The van der Waals surface area contributed by atoms with Crippen molar-refractivity contribution in [3.05, 3.63) is 41.7 Å². The number of carbonyl (C=O) groups excluding carboxylic acids is 1. The molecule has 29 heavy (non-hydrogen) atoms. The average Bonchev–Trinajstić information content (AvgIpc) is 3.19. The predicted molar refractivity (Wildman–Crippen MR) is 111 cm³/mol. The number of rotatable bonds is 3. The van der Waals surface area contributed by atoms with Gasteiger partial charge in [-0.25, -0.2) is 9.69 Å². The first-order chi connectivity index (χ1) is 13.9. The van der Waals surface area contributed by atoms with Crippen LogP contribution in [0.1, 0.15) is 87.9 Å². The van der Waals surface area contributed by atoms with Crippen LogP contribution in [0.5, 0.6) is 0 Å². The quantitative estimate of drug-likeness (QED) is 0.852. The van der Waals surface area contributed by atoms with Crippen molar-refractivity contribution >= 4 is 5.91 Å². The second kappa shape index (κ2) is 7.86. The van der Waals surface area contributed by atoms with Gasteiger partial charge in [-0.2, -0.15) is 0 Å². The minimum absolute atomic E-state index is 0.0153. The fraction of sp³-hybridized carbons (Fsp3) is 0.636. The molecule has 0 radical (unpaired) electrons. The van der Waals surface area contributed by atoms with Gasteiger partial charge in [0, 0.05) is 12.1 Å². The Balaban J connectivity index is 1.71. The topological polar surface area (TPSA) is 75.9 Å². The maximum Gasteiger partial charge on any atom is 0.265 e. The first-order valence-corrected chi connectivity index (χ1v) is 10.8. The minimum Gasteiger partial charge on any atom is -0.284 e. The SMILES string of the molecule is CC(C)(C)n1nnnc1C1N(NC(=O)c2ccccc2)CCCC12CCCCC2. The molecule has 2 fully saturated rings. The van der Waals surface area contributed by atoms with Crippen molar-refractivity contribution in [1.29, 1.82) is 0 Å². The average molecular weight is 397 g/mol. The molecular weight excluding hydrogens is 364 g/mol. The number of aromatic nitrogens is 4. The molecule has 7 heteroatoms. The molecule has 2 aliphatic rings. The number of carbonyl (C=O) groups is 1. The number of hydrazine groups is 1. The Bertz CT molecular complexity index is 829. The van der Waals surface area contributed by atoms with Gasteiger partial charge >= 0.3 is 0 Å². The summed E-state index contributed by atoms with van der Waals surface area (Å²) < 4.78 is 1.95. The third-order valence-corrected chi connectivity index (χ3v) is 6.47. The second-order valence-corrected chi connectivity index (χ2v) is 9.55. The van der Waals surface area contributed by atoms with E-state index in [9.17, 15) is 4.79 Å². The highest BCUT2D eigenvalue weighted by molar-refractivity contribution is 5.93. The number of hydrogen-bond donors (Lipinski definition) is 1. The Labute approximate surface area is 172 Å². The van der Waals surface area contributed by atoms with Gasteiger partial charge in [-0.1, -0.05) is 37.5 Å². The van der Waals surface area contributed by atoms with Crippen LogP contribution in [0.4, 0.5) is 0 Å². The van der Waals surface area contributed by atoms with Gasteiger partial charge in [0.1, 0.15) is 0 Å². The Morgan fingerprint density at radius 1 is 1.07 bits per heavy atom. The van der Waals surface area contributed by atoms with Gasteiger partial charge in [-0.3, -0.25) is 10.2 Å². The minimum atomic E-state index is -0.221. The summed E-state index contributed by atoms with van der Waals surface area (Å²) in [6.07, 6.45) is 8.30. The summed E-state index contributed by atoms with van der Waals surface area (Å²) in [7, 11) is 0. The zero-order valence-electron chi connectivity index (χ0n) is 17.8. The highest BCUT2D eigenvalue weighted by Gasteiger charge is 2.49. The number of nitrogens with one attached hydrogen (secondary N) is 1. The van der Waals surface area contributed by atoms with Crippen molar-refractivity contribution in [1.82, 2.24) is 30.6 Å².